The fourth-order valence-corrected chi connectivity index (χ4v) is 4.12. The van der Waals surface area contributed by atoms with Crippen LogP contribution in [0.4, 0.5) is 0 Å². The Morgan fingerprint density at radius 1 is 0.808 bits per heavy atom. The summed E-state index contributed by atoms with van der Waals surface area (Å²) in [5.41, 5.74) is 7.71. The van der Waals surface area contributed by atoms with Gasteiger partial charge in [0.05, 0.1) is 6.61 Å². The third kappa shape index (κ3) is 2.53. The predicted octanol–water partition coefficient (Wildman–Crippen LogP) is 5.35. The van der Waals surface area contributed by atoms with Gasteiger partial charge in [-0.3, -0.25) is 0 Å². The van der Waals surface area contributed by atoms with Crippen molar-refractivity contribution >= 4 is 0 Å². The molecule has 132 valence electrons. The Balaban J connectivity index is 1.81. The summed E-state index contributed by atoms with van der Waals surface area (Å²) in [6, 6.07) is 24.1. The lowest BCUT2D eigenvalue weighted by Gasteiger charge is -2.29. The van der Waals surface area contributed by atoms with Crippen LogP contribution in [0.5, 0.6) is 5.75 Å². The monoisotopic (exact) mass is 344 g/mol. The van der Waals surface area contributed by atoms with E-state index >= 15 is 0 Å². The van der Waals surface area contributed by atoms with E-state index in [2.05, 4.69) is 80.6 Å². The van der Waals surface area contributed by atoms with Crippen molar-refractivity contribution < 1.29 is 9.47 Å². The number of aryl methyl sites for hydroxylation is 1. The molecule has 3 aromatic rings. The van der Waals surface area contributed by atoms with Gasteiger partial charge in [-0.25, -0.2) is 0 Å². The lowest BCUT2D eigenvalue weighted by atomic mass is 9.74. The third-order valence-corrected chi connectivity index (χ3v) is 5.52. The summed E-state index contributed by atoms with van der Waals surface area (Å²) in [5.74, 6) is 0.925. The highest BCUT2D eigenvalue weighted by atomic mass is 16.5. The average molecular weight is 344 g/mol. The molecule has 0 atom stereocenters. The molecule has 0 saturated heterocycles. The minimum atomic E-state index is -0.150. The van der Waals surface area contributed by atoms with Gasteiger partial charge >= 0.3 is 0 Å². The van der Waals surface area contributed by atoms with E-state index in [1.54, 1.807) is 7.11 Å². The van der Waals surface area contributed by atoms with Gasteiger partial charge in [-0.15, -0.1) is 0 Å². The maximum Gasteiger partial charge on any atom is 0.122 e. The molecule has 2 nitrogen and oxygen atoms in total. The minimum absolute atomic E-state index is 0.150. The second-order valence-corrected chi connectivity index (χ2v) is 7.04. The molecule has 26 heavy (non-hydrogen) atoms. The smallest absolute Gasteiger partial charge is 0.122 e. The molecule has 4 rings (SSSR count). The van der Waals surface area contributed by atoms with E-state index in [0.29, 0.717) is 13.2 Å². The highest BCUT2D eigenvalue weighted by molar-refractivity contribution is 5.83. The van der Waals surface area contributed by atoms with Crippen molar-refractivity contribution in [2.45, 2.75) is 19.3 Å². The molecule has 0 amide bonds. The second-order valence-electron chi connectivity index (χ2n) is 7.04. The first-order chi connectivity index (χ1) is 12.7. The van der Waals surface area contributed by atoms with Gasteiger partial charge < -0.3 is 9.47 Å². The summed E-state index contributed by atoms with van der Waals surface area (Å²) in [6.45, 7) is 5.61. The SMILES string of the molecule is COCCOc1ccc(C2(C)c3ccccc3-c3ccccc32)cc1C. The van der Waals surface area contributed by atoms with Crippen molar-refractivity contribution in [2.24, 2.45) is 0 Å². The topological polar surface area (TPSA) is 18.5 Å². The molecule has 0 N–H and O–H groups in total. The number of fused-ring (bicyclic) bond motifs is 3. The number of ether oxygens (including phenoxy) is 2. The standard InChI is InChI=1S/C24H24O2/c1-17-16-18(12-13-23(17)26-15-14-25-3)24(2)21-10-6-4-8-19(21)20-9-5-7-11-22(20)24/h4-13,16H,14-15H2,1-3H3. The van der Waals surface area contributed by atoms with Crippen LogP contribution in [0.2, 0.25) is 0 Å². The van der Waals surface area contributed by atoms with Crippen LogP contribution >= 0.6 is 0 Å². The second kappa shape index (κ2) is 6.62. The van der Waals surface area contributed by atoms with Gasteiger partial charge in [-0.1, -0.05) is 60.7 Å². The van der Waals surface area contributed by atoms with Crippen LogP contribution in [0, 0.1) is 6.92 Å². The van der Waals surface area contributed by atoms with Crippen molar-refractivity contribution in [3.63, 3.8) is 0 Å². The maximum atomic E-state index is 5.84. The van der Waals surface area contributed by atoms with Crippen LogP contribution in [0.15, 0.2) is 66.7 Å². The molecule has 2 heteroatoms. The summed E-state index contributed by atoms with van der Waals surface area (Å²) < 4.78 is 10.9. The Morgan fingerprint density at radius 3 is 2.00 bits per heavy atom. The molecule has 0 aliphatic heterocycles. The molecule has 0 bridgehead atoms. The molecule has 0 heterocycles. The van der Waals surface area contributed by atoms with Crippen molar-refractivity contribution in [2.75, 3.05) is 20.3 Å². The van der Waals surface area contributed by atoms with E-state index in [-0.39, 0.29) is 5.41 Å². The van der Waals surface area contributed by atoms with Gasteiger partial charge in [0.2, 0.25) is 0 Å². The molecule has 0 unspecified atom stereocenters. The van der Waals surface area contributed by atoms with Crippen LogP contribution in [0.25, 0.3) is 11.1 Å². The number of hydrogen-bond donors (Lipinski definition) is 0. The molecule has 1 aliphatic rings. The van der Waals surface area contributed by atoms with Gasteiger partial charge in [-0.05, 0) is 53.3 Å². The largest absolute Gasteiger partial charge is 0.491 e. The fraction of sp³-hybridized carbons (Fsp3) is 0.250. The molecule has 3 aromatic carbocycles. The van der Waals surface area contributed by atoms with E-state index < -0.39 is 0 Å². The first-order valence-corrected chi connectivity index (χ1v) is 9.08. The van der Waals surface area contributed by atoms with Gasteiger partial charge in [0.15, 0.2) is 0 Å². The average Bonchev–Trinajstić information content (AvgIpc) is 2.94. The summed E-state index contributed by atoms with van der Waals surface area (Å²) in [6.07, 6.45) is 0. The number of rotatable bonds is 5. The van der Waals surface area contributed by atoms with Gasteiger partial charge in [0.1, 0.15) is 12.4 Å². The Morgan fingerprint density at radius 2 is 1.42 bits per heavy atom. The lowest BCUT2D eigenvalue weighted by Crippen LogP contribution is -2.22. The molecular formula is C24H24O2. The van der Waals surface area contributed by atoms with Crippen molar-refractivity contribution in [3.05, 3.63) is 89.0 Å². The zero-order valence-corrected chi connectivity index (χ0v) is 15.6. The predicted molar refractivity (Wildman–Crippen MR) is 106 cm³/mol. The summed E-state index contributed by atoms with van der Waals surface area (Å²) in [7, 11) is 1.69. The van der Waals surface area contributed by atoms with Crippen molar-refractivity contribution in [1.82, 2.24) is 0 Å². The summed E-state index contributed by atoms with van der Waals surface area (Å²) in [5, 5.41) is 0. The van der Waals surface area contributed by atoms with E-state index in [1.165, 1.54) is 27.8 Å². The van der Waals surface area contributed by atoms with Gasteiger partial charge in [0, 0.05) is 12.5 Å². The number of hydrogen-bond acceptors (Lipinski definition) is 2. The summed E-state index contributed by atoms with van der Waals surface area (Å²) >= 11 is 0. The molecule has 0 fully saturated rings. The first-order valence-electron chi connectivity index (χ1n) is 9.08. The number of methoxy groups -OCH3 is 1. The highest BCUT2D eigenvalue weighted by Crippen LogP contribution is 2.52. The fourth-order valence-electron chi connectivity index (χ4n) is 4.12. The van der Waals surface area contributed by atoms with Crippen LogP contribution in [-0.4, -0.2) is 20.3 Å². The Kier molecular flexibility index (Phi) is 4.29. The maximum absolute atomic E-state index is 5.84. The zero-order valence-electron chi connectivity index (χ0n) is 15.6. The molecule has 0 spiro atoms. The Bertz CT molecular complexity index is 897. The Labute approximate surface area is 155 Å². The van der Waals surface area contributed by atoms with Gasteiger partial charge in [-0.2, -0.15) is 0 Å². The minimum Gasteiger partial charge on any atom is -0.491 e. The van der Waals surface area contributed by atoms with E-state index in [4.69, 9.17) is 9.47 Å². The number of benzene rings is 3. The molecule has 1 aliphatic carbocycles. The van der Waals surface area contributed by atoms with Crippen LogP contribution in [0.1, 0.15) is 29.2 Å². The van der Waals surface area contributed by atoms with Crippen LogP contribution < -0.4 is 4.74 Å². The van der Waals surface area contributed by atoms with Gasteiger partial charge in [0.25, 0.3) is 0 Å². The first kappa shape index (κ1) is 16.9. The highest BCUT2D eigenvalue weighted by Gasteiger charge is 2.40. The Hall–Kier alpha value is -2.58. The van der Waals surface area contributed by atoms with Crippen molar-refractivity contribution in [1.29, 1.82) is 0 Å². The van der Waals surface area contributed by atoms with Crippen molar-refractivity contribution in [3.8, 4) is 16.9 Å². The normalized spacial score (nSPS) is 14.0. The summed E-state index contributed by atoms with van der Waals surface area (Å²) in [4.78, 5) is 0. The molecule has 0 aromatic heterocycles. The third-order valence-electron chi connectivity index (χ3n) is 5.52. The van der Waals surface area contributed by atoms with Crippen LogP contribution in [-0.2, 0) is 10.2 Å². The lowest BCUT2D eigenvalue weighted by molar-refractivity contribution is 0.146. The quantitative estimate of drug-likeness (QED) is 0.581. The zero-order chi connectivity index (χ0) is 18.1. The molecule has 0 saturated carbocycles. The molecule has 0 radical (unpaired) electrons. The van der Waals surface area contributed by atoms with E-state index in [0.717, 1.165) is 11.3 Å². The van der Waals surface area contributed by atoms with E-state index in [9.17, 15) is 0 Å². The molecular weight excluding hydrogens is 320 g/mol. The van der Waals surface area contributed by atoms with E-state index in [1.807, 2.05) is 0 Å². The van der Waals surface area contributed by atoms with Crippen LogP contribution in [0.3, 0.4) is 0 Å².